The summed E-state index contributed by atoms with van der Waals surface area (Å²) in [6, 6.07) is 3.89. The molecular weight excluding hydrogens is 402 g/mol. The summed E-state index contributed by atoms with van der Waals surface area (Å²) in [7, 11) is -11.1. The Morgan fingerprint density at radius 3 is 1.81 bits per heavy atom. The van der Waals surface area contributed by atoms with Crippen molar-refractivity contribution in [3.63, 3.8) is 0 Å². The van der Waals surface area contributed by atoms with Crippen LogP contribution in [0.4, 0.5) is 0 Å². The first-order chi connectivity index (χ1) is 11.9. The summed E-state index contributed by atoms with van der Waals surface area (Å²) >= 11 is 0. The molecule has 0 saturated carbocycles. The third kappa shape index (κ3) is 3.94. The smallest absolute Gasteiger partial charge is 0.225 e. The monoisotopic (exact) mass is 423 g/mol. The van der Waals surface area contributed by atoms with Crippen LogP contribution in [-0.2, 0) is 30.1 Å². The van der Waals surface area contributed by atoms with Crippen LogP contribution in [0.5, 0.6) is 0 Å². The number of sulfonamides is 3. The number of hydrogen-bond acceptors (Lipinski definition) is 6. The molecule has 2 aliphatic heterocycles. The molecule has 2 atom stereocenters. The van der Waals surface area contributed by atoms with Crippen LogP contribution in [0.1, 0.15) is 25.7 Å². The molecule has 0 spiro atoms. The second-order valence-corrected chi connectivity index (χ2v) is 11.9. The molecule has 9 nitrogen and oxygen atoms in total. The lowest BCUT2D eigenvalue weighted by Crippen LogP contribution is -2.51. The van der Waals surface area contributed by atoms with Gasteiger partial charge in [-0.3, -0.25) is 0 Å². The van der Waals surface area contributed by atoms with E-state index in [2.05, 4.69) is 4.72 Å². The van der Waals surface area contributed by atoms with Gasteiger partial charge in [0.25, 0.3) is 0 Å². The second kappa shape index (κ2) is 6.53. The molecule has 2 heterocycles. The molecule has 2 fully saturated rings. The Labute approximate surface area is 153 Å². The third-order valence-electron chi connectivity index (χ3n) is 4.83. The number of primary sulfonamides is 1. The fourth-order valence-electron chi connectivity index (χ4n) is 3.87. The van der Waals surface area contributed by atoms with Crippen molar-refractivity contribution in [1.82, 2.24) is 9.03 Å². The molecular formula is C14H21N3O6S3. The zero-order valence-corrected chi connectivity index (χ0v) is 16.5. The minimum atomic E-state index is -3.90. The van der Waals surface area contributed by atoms with Gasteiger partial charge in [-0.25, -0.2) is 35.1 Å². The summed E-state index contributed by atoms with van der Waals surface area (Å²) in [5.41, 5.74) is 0. The van der Waals surface area contributed by atoms with Gasteiger partial charge in [-0.2, -0.15) is 4.31 Å². The maximum atomic E-state index is 12.5. The molecule has 0 radical (unpaired) electrons. The quantitative estimate of drug-likeness (QED) is 0.657. The molecule has 12 heteroatoms. The Balaban J connectivity index is 1.75. The van der Waals surface area contributed by atoms with Gasteiger partial charge in [0.2, 0.25) is 30.1 Å². The van der Waals surface area contributed by atoms with Gasteiger partial charge in [0.05, 0.1) is 16.0 Å². The highest BCUT2D eigenvalue weighted by Gasteiger charge is 2.45. The van der Waals surface area contributed by atoms with Gasteiger partial charge in [-0.05, 0) is 49.9 Å². The lowest BCUT2D eigenvalue weighted by Gasteiger charge is -2.37. The van der Waals surface area contributed by atoms with E-state index in [-0.39, 0.29) is 27.9 Å². The fraction of sp³-hybridized carbons (Fsp3) is 0.571. The maximum absolute atomic E-state index is 12.5. The van der Waals surface area contributed by atoms with Crippen molar-refractivity contribution in [2.45, 2.75) is 53.6 Å². The van der Waals surface area contributed by atoms with Gasteiger partial charge in [-0.15, -0.1) is 0 Å². The number of piperidine rings is 1. The molecule has 2 unspecified atom stereocenters. The molecule has 1 aromatic rings. The van der Waals surface area contributed by atoms with E-state index >= 15 is 0 Å². The summed E-state index contributed by atoms with van der Waals surface area (Å²) in [5, 5.41) is 5.00. The first kappa shape index (κ1) is 19.7. The summed E-state index contributed by atoms with van der Waals surface area (Å²) in [5.74, 6) is 0. The molecule has 3 rings (SSSR count). The van der Waals surface area contributed by atoms with Crippen LogP contribution in [0.2, 0.25) is 0 Å². The lowest BCUT2D eigenvalue weighted by atomic mass is 10.0. The van der Waals surface area contributed by atoms with Crippen molar-refractivity contribution in [3.8, 4) is 0 Å². The third-order valence-corrected chi connectivity index (χ3v) is 8.66. The van der Waals surface area contributed by atoms with E-state index in [9.17, 15) is 25.3 Å². The Morgan fingerprint density at radius 2 is 1.38 bits per heavy atom. The van der Waals surface area contributed by atoms with Crippen molar-refractivity contribution < 1.29 is 25.3 Å². The van der Waals surface area contributed by atoms with Gasteiger partial charge in [0.15, 0.2) is 0 Å². The van der Waals surface area contributed by atoms with Crippen LogP contribution < -0.4 is 9.86 Å². The highest BCUT2D eigenvalue weighted by atomic mass is 32.2. The number of nitrogens with zero attached hydrogens (tertiary/aromatic N) is 1. The van der Waals surface area contributed by atoms with Crippen LogP contribution in [0, 0.1) is 0 Å². The minimum Gasteiger partial charge on any atom is -0.225 e. The summed E-state index contributed by atoms with van der Waals surface area (Å²) in [6.07, 6.45) is 3.45. The Hall–Kier alpha value is -1.05. The lowest BCUT2D eigenvalue weighted by molar-refractivity contribution is 0.221. The second-order valence-electron chi connectivity index (χ2n) is 6.78. The van der Waals surface area contributed by atoms with E-state index < -0.39 is 30.1 Å². The minimum absolute atomic E-state index is 0.0669. The van der Waals surface area contributed by atoms with Gasteiger partial charge >= 0.3 is 0 Å². The highest BCUT2D eigenvalue weighted by molar-refractivity contribution is 7.90. The SMILES string of the molecule is CS(=O)(=O)N1C2CCC1CC(NS(=O)(=O)c1ccc(S(N)(=O)=O)cc1)C2. The highest BCUT2D eigenvalue weighted by Crippen LogP contribution is 2.37. The Bertz CT molecular complexity index is 989. The maximum Gasteiger partial charge on any atom is 0.240 e. The Morgan fingerprint density at radius 1 is 0.923 bits per heavy atom. The van der Waals surface area contributed by atoms with E-state index in [4.69, 9.17) is 5.14 Å². The largest absolute Gasteiger partial charge is 0.240 e. The molecule has 2 aliphatic rings. The molecule has 3 N–H and O–H groups in total. The first-order valence-corrected chi connectivity index (χ1v) is 12.9. The van der Waals surface area contributed by atoms with Gasteiger partial charge in [0, 0.05) is 18.1 Å². The summed E-state index contributed by atoms with van der Waals surface area (Å²) in [4.78, 5) is -0.237. The van der Waals surface area contributed by atoms with Crippen molar-refractivity contribution in [1.29, 1.82) is 0 Å². The molecule has 0 aromatic heterocycles. The zero-order chi connectivity index (χ0) is 19.3. The molecule has 2 saturated heterocycles. The number of benzene rings is 1. The van der Waals surface area contributed by atoms with Gasteiger partial charge in [-0.1, -0.05) is 0 Å². The van der Waals surface area contributed by atoms with Crippen molar-refractivity contribution >= 4 is 30.1 Å². The molecule has 146 valence electrons. The average Bonchev–Trinajstić information content (AvgIpc) is 2.79. The van der Waals surface area contributed by atoms with Crippen LogP contribution in [-0.4, -0.2) is 53.9 Å². The average molecular weight is 424 g/mol. The van der Waals surface area contributed by atoms with E-state index in [1.54, 1.807) is 0 Å². The normalized spacial score (nSPS) is 27.5. The van der Waals surface area contributed by atoms with Crippen LogP contribution in [0.15, 0.2) is 34.1 Å². The number of hydrogen-bond donors (Lipinski definition) is 2. The molecule has 2 bridgehead atoms. The molecule has 26 heavy (non-hydrogen) atoms. The number of fused-ring (bicyclic) bond motifs is 2. The fourth-order valence-corrected chi connectivity index (χ4v) is 7.11. The van der Waals surface area contributed by atoms with Crippen molar-refractivity contribution in [2.75, 3.05) is 6.26 Å². The summed E-state index contributed by atoms with van der Waals surface area (Å²) < 4.78 is 75.5. The first-order valence-electron chi connectivity index (χ1n) is 8.01. The van der Waals surface area contributed by atoms with Crippen LogP contribution >= 0.6 is 0 Å². The van der Waals surface area contributed by atoms with E-state index in [1.165, 1.54) is 22.7 Å². The van der Waals surface area contributed by atoms with E-state index in [1.807, 2.05) is 0 Å². The standard InChI is InChI=1S/C14H21N3O6S3/c1-24(18,19)17-11-2-3-12(17)9-10(8-11)16-26(22,23)14-6-4-13(5-7-14)25(15,20)21/h4-7,10-12,16H,2-3,8-9H2,1H3,(H2,15,20,21). The van der Waals surface area contributed by atoms with Gasteiger partial charge in [0.1, 0.15) is 0 Å². The summed E-state index contributed by atoms with van der Waals surface area (Å²) in [6.45, 7) is 0. The predicted molar refractivity (Wildman–Crippen MR) is 94.7 cm³/mol. The van der Waals surface area contributed by atoms with E-state index in [0.29, 0.717) is 12.8 Å². The van der Waals surface area contributed by atoms with Crippen LogP contribution in [0.25, 0.3) is 0 Å². The van der Waals surface area contributed by atoms with Crippen molar-refractivity contribution in [2.24, 2.45) is 5.14 Å². The Kier molecular flexibility index (Phi) is 4.95. The number of nitrogens with two attached hydrogens (primary N) is 1. The van der Waals surface area contributed by atoms with Crippen LogP contribution in [0.3, 0.4) is 0 Å². The van der Waals surface area contributed by atoms with Gasteiger partial charge < -0.3 is 0 Å². The topological polar surface area (TPSA) is 144 Å². The van der Waals surface area contributed by atoms with Crippen molar-refractivity contribution in [3.05, 3.63) is 24.3 Å². The number of rotatable bonds is 5. The molecule has 1 aromatic carbocycles. The van der Waals surface area contributed by atoms with E-state index in [0.717, 1.165) is 25.0 Å². The number of nitrogens with one attached hydrogen (secondary N) is 1. The predicted octanol–water partition coefficient (Wildman–Crippen LogP) is -0.433. The molecule has 0 aliphatic carbocycles. The molecule has 0 amide bonds. The zero-order valence-electron chi connectivity index (χ0n) is 14.1.